The van der Waals surface area contributed by atoms with E-state index in [1.165, 1.54) is 6.33 Å². The van der Waals surface area contributed by atoms with Gasteiger partial charge in [0, 0.05) is 23.6 Å². The van der Waals surface area contributed by atoms with E-state index in [4.69, 9.17) is 0 Å². The Morgan fingerprint density at radius 3 is 2.09 bits per heavy atom. The molecule has 3 N–H and O–H groups in total. The van der Waals surface area contributed by atoms with E-state index in [1.54, 1.807) is 48.7 Å². The molecule has 4 aromatic rings. The summed E-state index contributed by atoms with van der Waals surface area (Å²) in [6.45, 7) is 2.02. The standard InChI is InChI=1S/C23H22N6O2S/c1-2-17-6-12-20(13-7-17)32(30,31)29-19-10-8-18(9-11-19)27-22-15-23(26-16-25-22)28-21-5-3-4-14-24-21/h3-16,29H,2H2,1H3,(H2,24,25,26,27,28). The van der Waals surface area contributed by atoms with Gasteiger partial charge in [-0.25, -0.2) is 23.4 Å². The number of nitrogens with zero attached hydrogens (tertiary/aromatic N) is 3. The molecule has 0 bridgehead atoms. The molecule has 9 heteroatoms. The monoisotopic (exact) mass is 446 g/mol. The van der Waals surface area contributed by atoms with Crippen LogP contribution in [0.2, 0.25) is 0 Å². The van der Waals surface area contributed by atoms with Gasteiger partial charge in [-0.15, -0.1) is 0 Å². The van der Waals surface area contributed by atoms with Crippen molar-refractivity contribution in [1.29, 1.82) is 0 Å². The lowest BCUT2D eigenvalue weighted by Crippen LogP contribution is -2.12. The molecule has 0 saturated carbocycles. The zero-order chi connectivity index (χ0) is 22.4. The molecular weight excluding hydrogens is 424 g/mol. The van der Waals surface area contributed by atoms with Crippen LogP contribution in [0.3, 0.4) is 0 Å². The Kier molecular flexibility index (Phi) is 6.27. The van der Waals surface area contributed by atoms with Crippen LogP contribution >= 0.6 is 0 Å². The molecule has 0 spiro atoms. The molecule has 32 heavy (non-hydrogen) atoms. The number of aromatic nitrogens is 3. The number of pyridine rings is 1. The summed E-state index contributed by atoms with van der Waals surface area (Å²) < 4.78 is 27.8. The molecule has 0 fully saturated rings. The van der Waals surface area contributed by atoms with E-state index in [0.717, 1.165) is 17.7 Å². The van der Waals surface area contributed by atoms with Crippen LogP contribution in [0, 0.1) is 0 Å². The Hall–Kier alpha value is -3.98. The zero-order valence-corrected chi connectivity index (χ0v) is 18.2. The fraction of sp³-hybridized carbons (Fsp3) is 0.0870. The first-order chi connectivity index (χ1) is 15.5. The zero-order valence-electron chi connectivity index (χ0n) is 17.4. The molecule has 0 radical (unpaired) electrons. The molecule has 0 aliphatic carbocycles. The Balaban J connectivity index is 1.42. The van der Waals surface area contributed by atoms with Crippen LogP contribution in [0.1, 0.15) is 12.5 Å². The third kappa shape index (κ3) is 5.38. The van der Waals surface area contributed by atoms with Crippen LogP contribution in [0.5, 0.6) is 0 Å². The topological polar surface area (TPSA) is 109 Å². The summed E-state index contributed by atoms with van der Waals surface area (Å²) >= 11 is 0. The van der Waals surface area contributed by atoms with Crippen molar-refractivity contribution in [3.8, 4) is 0 Å². The minimum Gasteiger partial charge on any atom is -0.340 e. The summed E-state index contributed by atoms with van der Waals surface area (Å²) in [5.41, 5.74) is 2.31. The highest BCUT2D eigenvalue weighted by molar-refractivity contribution is 7.92. The number of hydrogen-bond donors (Lipinski definition) is 3. The van der Waals surface area contributed by atoms with Gasteiger partial charge >= 0.3 is 0 Å². The Morgan fingerprint density at radius 2 is 1.44 bits per heavy atom. The lowest BCUT2D eigenvalue weighted by molar-refractivity contribution is 0.601. The molecule has 8 nitrogen and oxygen atoms in total. The highest BCUT2D eigenvalue weighted by atomic mass is 32.2. The number of sulfonamides is 1. The molecule has 2 aromatic heterocycles. The number of benzene rings is 2. The van der Waals surface area contributed by atoms with E-state index in [9.17, 15) is 8.42 Å². The second-order valence-corrected chi connectivity index (χ2v) is 8.62. The van der Waals surface area contributed by atoms with Crippen LogP contribution in [-0.2, 0) is 16.4 Å². The van der Waals surface area contributed by atoms with Crippen molar-refractivity contribution in [2.75, 3.05) is 15.4 Å². The molecule has 0 aliphatic heterocycles. The maximum absolute atomic E-state index is 12.6. The van der Waals surface area contributed by atoms with Gasteiger partial charge in [-0.05, 0) is 60.5 Å². The van der Waals surface area contributed by atoms with Gasteiger partial charge in [-0.3, -0.25) is 4.72 Å². The Morgan fingerprint density at radius 1 is 0.750 bits per heavy atom. The van der Waals surface area contributed by atoms with Crippen molar-refractivity contribution in [3.63, 3.8) is 0 Å². The first kappa shape index (κ1) is 21.3. The van der Waals surface area contributed by atoms with E-state index < -0.39 is 10.0 Å². The van der Waals surface area contributed by atoms with Gasteiger partial charge in [-0.2, -0.15) is 0 Å². The lowest BCUT2D eigenvalue weighted by atomic mass is 10.2. The molecule has 4 rings (SSSR count). The molecule has 0 atom stereocenters. The number of anilines is 5. The summed E-state index contributed by atoms with van der Waals surface area (Å²) in [4.78, 5) is 12.8. The highest BCUT2D eigenvalue weighted by Crippen LogP contribution is 2.22. The Labute approximate surface area is 186 Å². The SMILES string of the molecule is CCc1ccc(S(=O)(=O)Nc2ccc(Nc3cc(Nc4ccccn4)ncn3)cc2)cc1. The van der Waals surface area contributed by atoms with Crippen molar-refractivity contribution in [1.82, 2.24) is 15.0 Å². The predicted octanol–water partition coefficient (Wildman–Crippen LogP) is 4.72. The largest absolute Gasteiger partial charge is 0.340 e. The van der Waals surface area contributed by atoms with Gasteiger partial charge in [0.25, 0.3) is 10.0 Å². The van der Waals surface area contributed by atoms with Gasteiger partial charge in [0.15, 0.2) is 0 Å². The van der Waals surface area contributed by atoms with Crippen molar-refractivity contribution in [3.05, 3.63) is 90.9 Å². The van der Waals surface area contributed by atoms with E-state index in [-0.39, 0.29) is 4.90 Å². The van der Waals surface area contributed by atoms with Crippen LogP contribution in [-0.4, -0.2) is 23.4 Å². The smallest absolute Gasteiger partial charge is 0.261 e. The molecule has 0 amide bonds. The minimum absolute atomic E-state index is 0.228. The summed E-state index contributed by atoms with van der Waals surface area (Å²) in [7, 11) is -3.65. The third-order valence-corrected chi connectivity index (χ3v) is 6.04. The fourth-order valence-electron chi connectivity index (χ4n) is 2.95. The van der Waals surface area contributed by atoms with Gasteiger partial charge in [0.2, 0.25) is 0 Å². The summed E-state index contributed by atoms with van der Waals surface area (Å²) in [5, 5.41) is 6.28. The Bertz CT molecular complexity index is 1280. The van der Waals surface area contributed by atoms with Gasteiger partial charge < -0.3 is 10.6 Å². The molecule has 2 aromatic carbocycles. The first-order valence-electron chi connectivity index (χ1n) is 10.0. The lowest BCUT2D eigenvalue weighted by Gasteiger charge is -2.11. The van der Waals surface area contributed by atoms with E-state index in [2.05, 4.69) is 30.3 Å². The second-order valence-electron chi connectivity index (χ2n) is 6.93. The molecule has 2 heterocycles. The maximum atomic E-state index is 12.6. The number of hydrogen-bond acceptors (Lipinski definition) is 7. The summed E-state index contributed by atoms with van der Waals surface area (Å²) in [5.74, 6) is 1.86. The van der Waals surface area contributed by atoms with Gasteiger partial charge in [0.05, 0.1) is 4.90 Å². The number of rotatable bonds is 8. The molecule has 0 saturated heterocycles. The van der Waals surface area contributed by atoms with Crippen LogP contribution < -0.4 is 15.4 Å². The van der Waals surface area contributed by atoms with Crippen LogP contribution in [0.15, 0.2) is 90.2 Å². The third-order valence-electron chi connectivity index (χ3n) is 4.64. The predicted molar refractivity (Wildman–Crippen MR) is 126 cm³/mol. The minimum atomic E-state index is -3.65. The van der Waals surface area contributed by atoms with E-state index in [0.29, 0.717) is 23.1 Å². The fourth-order valence-corrected chi connectivity index (χ4v) is 4.01. The normalized spacial score (nSPS) is 11.0. The average Bonchev–Trinajstić information content (AvgIpc) is 2.81. The van der Waals surface area contributed by atoms with E-state index >= 15 is 0 Å². The summed E-state index contributed by atoms with van der Waals surface area (Å²) in [6.07, 6.45) is 3.99. The van der Waals surface area contributed by atoms with Crippen molar-refractivity contribution >= 4 is 38.9 Å². The molecule has 0 aliphatic rings. The van der Waals surface area contributed by atoms with Crippen molar-refractivity contribution < 1.29 is 8.42 Å². The first-order valence-corrected chi connectivity index (χ1v) is 11.5. The second kappa shape index (κ2) is 9.44. The van der Waals surface area contributed by atoms with Gasteiger partial charge in [0.1, 0.15) is 23.8 Å². The van der Waals surface area contributed by atoms with Gasteiger partial charge in [-0.1, -0.05) is 25.1 Å². The van der Waals surface area contributed by atoms with Crippen molar-refractivity contribution in [2.24, 2.45) is 0 Å². The maximum Gasteiger partial charge on any atom is 0.261 e. The van der Waals surface area contributed by atoms with E-state index in [1.807, 2.05) is 37.3 Å². The van der Waals surface area contributed by atoms with Crippen LogP contribution in [0.25, 0.3) is 0 Å². The van der Waals surface area contributed by atoms with Crippen molar-refractivity contribution in [2.45, 2.75) is 18.2 Å². The number of aryl methyl sites for hydroxylation is 1. The summed E-state index contributed by atoms with van der Waals surface area (Å²) in [6, 6.07) is 21.1. The molecule has 0 unspecified atom stereocenters. The number of nitrogens with one attached hydrogen (secondary N) is 3. The molecular formula is C23H22N6O2S. The molecule has 162 valence electrons. The van der Waals surface area contributed by atoms with Crippen LogP contribution in [0.4, 0.5) is 28.8 Å². The quantitative estimate of drug-likeness (QED) is 0.359. The highest BCUT2D eigenvalue weighted by Gasteiger charge is 2.14. The average molecular weight is 447 g/mol.